The number of alkyl halides is 3. The van der Waals surface area contributed by atoms with Crippen LogP contribution in [0.1, 0.15) is 41.2 Å². The Morgan fingerprint density at radius 2 is 2.05 bits per heavy atom. The van der Waals surface area contributed by atoms with Crippen molar-refractivity contribution < 1.29 is 17.6 Å². The first-order valence-corrected chi connectivity index (χ1v) is 7.84. The van der Waals surface area contributed by atoms with Crippen LogP contribution in [0.15, 0.2) is 9.80 Å². The van der Waals surface area contributed by atoms with Gasteiger partial charge in [0.2, 0.25) is 5.89 Å². The van der Waals surface area contributed by atoms with E-state index >= 15 is 0 Å². The van der Waals surface area contributed by atoms with Gasteiger partial charge in [-0.25, -0.2) is 4.98 Å². The van der Waals surface area contributed by atoms with E-state index in [0.29, 0.717) is 12.8 Å². The Hall–Kier alpha value is -1.48. The fourth-order valence-electron chi connectivity index (χ4n) is 2.56. The lowest BCUT2D eigenvalue weighted by Crippen LogP contribution is -2.32. The maximum absolute atomic E-state index is 12.5. The Morgan fingerprint density at radius 3 is 2.59 bits per heavy atom. The van der Waals surface area contributed by atoms with Gasteiger partial charge in [-0.1, -0.05) is 0 Å². The molecular weight excluding hydrogens is 317 g/mol. The summed E-state index contributed by atoms with van der Waals surface area (Å²) in [7, 11) is 0. The molecule has 1 aliphatic heterocycles. The first-order chi connectivity index (χ1) is 10.4. The lowest BCUT2D eigenvalue weighted by molar-refractivity contribution is -0.157. The van der Waals surface area contributed by atoms with Crippen molar-refractivity contribution in [2.75, 3.05) is 13.1 Å². The Kier molecular flexibility index (Phi) is 4.18. The molecular formula is C13H15F3N4OS. The molecule has 1 fully saturated rings. The van der Waals surface area contributed by atoms with E-state index in [2.05, 4.69) is 20.1 Å². The van der Waals surface area contributed by atoms with Gasteiger partial charge in [-0.2, -0.15) is 13.2 Å². The molecule has 0 unspecified atom stereocenters. The van der Waals surface area contributed by atoms with E-state index in [1.54, 1.807) is 11.3 Å². The molecule has 2 aromatic heterocycles. The van der Waals surface area contributed by atoms with Crippen LogP contribution in [0.3, 0.4) is 0 Å². The highest BCUT2D eigenvalue weighted by atomic mass is 32.1. The molecule has 3 rings (SSSR count). The number of rotatable bonds is 3. The molecule has 3 heterocycles. The average Bonchev–Trinajstić information content (AvgIpc) is 3.08. The van der Waals surface area contributed by atoms with Gasteiger partial charge in [0, 0.05) is 17.8 Å². The van der Waals surface area contributed by atoms with E-state index in [1.165, 1.54) is 0 Å². The average molecular weight is 332 g/mol. The fourth-order valence-corrected chi connectivity index (χ4v) is 3.17. The number of piperidine rings is 1. The molecule has 5 nitrogen and oxygen atoms in total. The van der Waals surface area contributed by atoms with Crippen LogP contribution in [0.25, 0.3) is 0 Å². The molecule has 0 N–H and O–H groups in total. The summed E-state index contributed by atoms with van der Waals surface area (Å²) in [4.78, 5) is 6.67. The lowest BCUT2D eigenvalue weighted by atomic mass is 9.97. The largest absolute Gasteiger partial charge is 0.470 e. The molecule has 1 saturated heterocycles. The van der Waals surface area contributed by atoms with Gasteiger partial charge in [0.25, 0.3) is 0 Å². The van der Waals surface area contributed by atoms with E-state index in [9.17, 15) is 13.2 Å². The van der Waals surface area contributed by atoms with E-state index in [0.717, 1.165) is 30.3 Å². The minimum atomic E-state index is -4.57. The standard InChI is InChI=1S/C13H15F3N4OS/c1-8-17-10(7-22-8)6-20-4-2-9(3-5-20)11-18-19-12(21-11)13(14,15)16/h7,9H,2-6H2,1H3. The number of halogens is 3. The quantitative estimate of drug-likeness (QED) is 0.864. The summed E-state index contributed by atoms with van der Waals surface area (Å²) in [5, 5.41) is 9.72. The van der Waals surface area contributed by atoms with Gasteiger partial charge < -0.3 is 4.42 Å². The van der Waals surface area contributed by atoms with E-state index < -0.39 is 12.1 Å². The highest BCUT2D eigenvalue weighted by Gasteiger charge is 2.39. The summed E-state index contributed by atoms with van der Waals surface area (Å²) in [5.74, 6) is -1.27. The number of hydrogen-bond donors (Lipinski definition) is 0. The molecule has 9 heteroatoms. The Labute approximate surface area is 129 Å². The molecule has 120 valence electrons. The summed E-state index contributed by atoms with van der Waals surface area (Å²) in [6.45, 7) is 4.30. The maximum atomic E-state index is 12.5. The van der Waals surface area contributed by atoms with Crippen LogP contribution in [0.2, 0.25) is 0 Å². The zero-order valence-electron chi connectivity index (χ0n) is 11.9. The fraction of sp³-hybridized carbons (Fsp3) is 0.615. The van der Waals surface area contributed by atoms with Crippen molar-refractivity contribution in [1.82, 2.24) is 20.1 Å². The predicted molar refractivity (Wildman–Crippen MR) is 73.4 cm³/mol. The zero-order chi connectivity index (χ0) is 15.7. The Bertz CT molecular complexity index is 631. The molecule has 0 atom stereocenters. The second-order valence-electron chi connectivity index (χ2n) is 5.35. The van der Waals surface area contributed by atoms with Gasteiger partial charge in [0.05, 0.1) is 10.7 Å². The zero-order valence-corrected chi connectivity index (χ0v) is 12.7. The Morgan fingerprint density at radius 1 is 1.32 bits per heavy atom. The van der Waals surface area contributed by atoms with E-state index in [4.69, 9.17) is 4.42 Å². The number of nitrogens with zero attached hydrogens (tertiary/aromatic N) is 4. The van der Waals surface area contributed by atoms with Crippen molar-refractivity contribution in [3.05, 3.63) is 27.9 Å². The summed E-state index contributed by atoms with van der Waals surface area (Å²) in [6, 6.07) is 0. The van der Waals surface area contributed by atoms with Crippen LogP contribution < -0.4 is 0 Å². The molecule has 0 spiro atoms. The minimum absolute atomic E-state index is 0.0940. The normalized spacial score (nSPS) is 18.0. The van der Waals surface area contributed by atoms with Crippen LogP contribution in [-0.4, -0.2) is 33.2 Å². The highest BCUT2D eigenvalue weighted by Crippen LogP contribution is 2.32. The topological polar surface area (TPSA) is 55.1 Å². The molecule has 0 saturated carbocycles. The Balaban J connectivity index is 1.56. The smallest absolute Gasteiger partial charge is 0.417 e. The third-order valence-corrected chi connectivity index (χ3v) is 4.49. The van der Waals surface area contributed by atoms with Crippen LogP contribution in [0.4, 0.5) is 13.2 Å². The number of aryl methyl sites for hydroxylation is 1. The number of aromatic nitrogens is 3. The molecule has 0 aromatic carbocycles. The van der Waals surface area contributed by atoms with Crippen LogP contribution in [0.5, 0.6) is 0 Å². The van der Waals surface area contributed by atoms with Gasteiger partial charge in [0.1, 0.15) is 0 Å². The van der Waals surface area contributed by atoms with Gasteiger partial charge in [-0.3, -0.25) is 4.90 Å². The number of thiazole rings is 1. The van der Waals surface area contributed by atoms with E-state index in [-0.39, 0.29) is 11.8 Å². The molecule has 0 amide bonds. The monoisotopic (exact) mass is 332 g/mol. The maximum Gasteiger partial charge on any atom is 0.470 e. The second kappa shape index (κ2) is 5.96. The van der Waals surface area contributed by atoms with Crippen molar-refractivity contribution in [3.63, 3.8) is 0 Å². The summed E-state index contributed by atoms with van der Waals surface area (Å²) in [5.41, 5.74) is 1.04. The number of likely N-dealkylation sites (tertiary alicyclic amines) is 1. The van der Waals surface area contributed by atoms with Crippen molar-refractivity contribution in [2.24, 2.45) is 0 Å². The van der Waals surface area contributed by atoms with Crippen molar-refractivity contribution in [3.8, 4) is 0 Å². The van der Waals surface area contributed by atoms with Gasteiger partial charge >= 0.3 is 12.1 Å². The third-order valence-electron chi connectivity index (χ3n) is 3.67. The molecule has 0 bridgehead atoms. The predicted octanol–water partition coefficient (Wildman–Crippen LogP) is 3.23. The van der Waals surface area contributed by atoms with Gasteiger partial charge in [-0.15, -0.1) is 21.5 Å². The SMILES string of the molecule is Cc1nc(CN2CCC(c3nnc(C(F)(F)F)o3)CC2)cs1. The first-order valence-electron chi connectivity index (χ1n) is 6.96. The van der Waals surface area contributed by atoms with Crippen LogP contribution in [0, 0.1) is 6.92 Å². The first kappa shape index (κ1) is 15.4. The molecule has 1 aliphatic rings. The molecule has 22 heavy (non-hydrogen) atoms. The summed E-state index contributed by atoms with van der Waals surface area (Å²) >= 11 is 1.62. The second-order valence-corrected chi connectivity index (χ2v) is 6.41. The van der Waals surface area contributed by atoms with Crippen molar-refractivity contribution >= 4 is 11.3 Å². The highest BCUT2D eigenvalue weighted by molar-refractivity contribution is 7.09. The van der Waals surface area contributed by atoms with Crippen molar-refractivity contribution in [1.29, 1.82) is 0 Å². The van der Waals surface area contributed by atoms with Gasteiger partial charge in [0.15, 0.2) is 0 Å². The van der Waals surface area contributed by atoms with Crippen LogP contribution in [-0.2, 0) is 12.7 Å². The summed E-state index contributed by atoms with van der Waals surface area (Å²) in [6.07, 6.45) is -3.15. The lowest BCUT2D eigenvalue weighted by Gasteiger charge is -2.29. The summed E-state index contributed by atoms with van der Waals surface area (Å²) < 4.78 is 42.2. The minimum Gasteiger partial charge on any atom is -0.417 e. The third kappa shape index (κ3) is 3.46. The van der Waals surface area contributed by atoms with E-state index in [1.807, 2.05) is 12.3 Å². The van der Waals surface area contributed by atoms with Crippen LogP contribution >= 0.6 is 11.3 Å². The molecule has 0 aliphatic carbocycles. The molecule has 2 aromatic rings. The van der Waals surface area contributed by atoms with Crippen molar-refractivity contribution in [2.45, 2.75) is 38.4 Å². The number of hydrogen-bond acceptors (Lipinski definition) is 6. The van der Waals surface area contributed by atoms with Gasteiger partial charge in [-0.05, 0) is 32.9 Å². The molecule has 0 radical (unpaired) electrons.